The first-order valence-electron chi connectivity index (χ1n) is 6.98. The van der Waals surface area contributed by atoms with Crippen LogP contribution in [0, 0.1) is 0 Å². The minimum Gasteiger partial charge on any atom is -0.456 e. The number of benzene rings is 1. The number of aromatic nitrogens is 2. The topological polar surface area (TPSA) is 64.1 Å². The van der Waals surface area contributed by atoms with E-state index in [0.29, 0.717) is 10.8 Å². The highest BCUT2D eigenvalue weighted by molar-refractivity contribution is 7.20. The van der Waals surface area contributed by atoms with E-state index in [9.17, 15) is 4.79 Å². The molecule has 1 N–H and O–H groups in total. The monoisotopic (exact) mass is 315 g/mol. The summed E-state index contributed by atoms with van der Waals surface area (Å²) < 4.78 is 6.45. The van der Waals surface area contributed by atoms with E-state index in [-0.39, 0.29) is 5.97 Å². The molecule has 0 saturated heterocycles. The lowest BCUT2D eigenvalue weighted by atomic mass is 10.1. The van der Waals surface area contributed by atoms with Crippen LogP contribution in [0.5, 0.6) is 0 Å². The van der Waals surface area contributed by atoms with Crippen LogP contribution in [0.15, 0.2) is 24.4 Å². The zero-order chi connectivity index (χ0) is 15.9. The molecule has 6 heteroatoms. The molecule has 114 valence electrons. The number of fused-ring (bicyclic) bond motifs is 3. The molecule has 0 atom stereocenters. The number of nitrogens with one attached hydrogen (secondary N) is 1. The molecule has 3 rings (SSSR count). The van der Waals surface area contributed by atoms with Crippen LogP contribution in [-0.2, 0) is 4.74 Å². The summed E-state index contributed by atoms with van der Waals surface area (Å²) in [6.45, 7) is 5.58. The van der Waals surface area contributed by atoms with Gasteiger partial charge in [-0.2, -0.15) is 0 Å². The Morgan fingerprint density at radius 3 is 2.77 bits per heavy atom. The first-order chi connectivity index (χ1) is 10.4. The molecule has 0 unspecified atom stereocenters. The highest BCUT2D eigenvalue weighted by Gasteiger charge is 2.20. The van der Waals surface area contributed by atoms with E-state index in [1.54, 1.807) is 13.2 Å². The van der Waals surface area contributed by atoms with E-state index in [0.717, 1.165) is 21.0 Å². The largest absolute Gasteiger partial charge is 0.456 e. The third-order valence-corrected chi connectivity index (χ3v) is 4.15. The average molecular weight is 315 g/mol. The maximum absolute atomic E-state index is 12.2. The van der Waals surface area contributed by atoms with Crippen molar-refractivity contribution >= 4 is 44.2 Å². The fourth-order valence-corrected chi connectivity index (χ4v) is 3.10. The van der Waals surface area contributed by atoms with E-state index in [1.807, 2.05) is 39.0 Å². The molecule has 0 saturated carbocycles. The second-order valence-corrected chi connectivity index (χ2v) is 7.06. The summed E-state index contributed by atoms with van der Waals surface area (Å²) in [6, 6.07) is 5.80. The van der Waals surface area contributed by atoms with Crippen LogP contribution in [-0.4, -0.2) is 28.6 Å². The van der Waals surface area contributed by atoms with Crippen LogP contribution in [0.1, 0.15) is 30.4 Å². The third-order valence-electron chi connectivity index (χ3n) is 3.07. The zero-order valence-corrected chi connectivity index (χ0v) is 13.7. The lowest BCUT2D eigenvalue weighted by molar-refractivity contribution is 0.00753. The number of carbonyl (C=O) groups is 1. The maximum atomic E-state index is 12.2. The van der Waals surface area contributed by atoms with Gasteiger partial charge in [-0.05, 0) is 39.0 Å². The second-order valence-electron chi connectivity index (χ2n) is 5.97. The molecule has 1 aromatic carbocycles. The van der Waals surface area contributed by atoms with Gasteiger partial charge >= 0.3 is 5.97 Å². The molecule has 2 aromatic heterocycles. The number of hydrogen-bond donors (Lipinski definition) is 1. The number of hydrogen-bond acceptors (Lipinski definition) is 6. The lowest BCUT2D eigenvalue weighted by Crippen LogP contribution is -2.23. The van der Waals surface area contributed by atoms with Crippen LogP contribution < -0.4 is 5.32 Å². The summed E-state index contributed by atoms with van der Waals surface area (Å²) in [5.41, 5.74) is 0.333. The minimum absolute atomic E-state index is 0.301. The Morgan fingerprint density at radius 2 is 2.09 bits per heavy atom. The van der Waals surface area contributed by atoms with Crippen LogP contribution >= 0.6 is 11.3 Å². The molecule has 5 nitrogen and oxygen atoms in total. The van der Waals surface area contributed by atoms with Crippen molar-refractivity contribution in [1.82, 2.24) is 9.97 Å². The van der Waals surface area contributed by atoms with Crippen molar-refractivity contribution in [2.24, 2.45) is 0 Å². The smallest absolute Gasteiger partial charge is 0.348 e. The van der Waals surface area contributed by atoms with Gasteiger partial charge in [0.2, 0.25) is 5.95 Å². The highest BCUT2D eigenvalue weighted by atomic mass is 32.1. The van der Waals surface area contributed by atoms with Gasteiger partial charge in [0.25, 0.3) is 0 Å². The minimum atomic E-state index is -0.503. The quantitative estimate of drug-likeness (QED) is 0.728. The normalized spacial score (nSPS) is 11.8. The predicted molar refractivity (Wildman–Crippen MR) is 89.6 cm³/mol. The number of thiophene rings is 1. The number of nitrogens with zero attached hydrogens (tertiary/aromatic N) is 2. The number of ether oxygens (including phenoxy) is 1. The van der Waals surface area contributed by atoms with Gasteiger partial charge in [-0.3, -0.25) is 0 Å². The summed E-state index contributed by atoms with van der Waals surface area (Å²) >= 11 is 1.42. The van der Waals surface area contributed by atoms with Crippen molar-refractivity contribution in [1.29, 1.82) is 0 Å². The number of anilines is 1. The van der Waals surface area contributed by atoms with Gasteiger partial charge in [-0.25, -0.2) is 14.8 Å². The van der Waals surface area contributed by atoms with Crippen LogP contribution in [0.3, 0.4) is 0 Å². The van der Waals surface area contributed by atoms with Crippen molar-refractivity contribution in [3.63, 3.8) is 0 Å². The van der Waals surface area contributed by atoms with Crippen molar-refractivity contribution in [3.05, 3.63) is 29.3 Å². The van der Waals surface area contributed by atoms with Gasteiger partial charge in [-0.1, -0.05) is 0 Å². The Labute approximate surface area is 132 Å². The Hall–Kier alpha value is -2.21. The van der Waals surface area contributed by atoms with E-state index < -0.39 is 5.60 Å². The highest BCUT2D eigenvalue weighted by Crippen LogP contribution is 2.32. The number of carbonyl (C=O) groups excluding carboxylic acids is 1. The first kappa shape index (κ1) is 14.7. The van der Waals surface area contributed by atoms with Crippen LogP contribution in [0.25, 0.3) is 21.0 Å². The molecule has 3 aromatic rings. The molecule has 0 bridgehead atoms. The molecule has 0 spiro atoms. The predicted octanol–water partition coefficient (Wildman–Crippen LogP) is 3.84. The summed E-state index contributed by atoms with van der Waals surface area (Å²) in [5.74, 6) is 0.259. The van der Waals surface area contributed by atoms with Gasteiger partial charge in [-0.15, -0.1) is 11.3 Å². The summed E-state index contributed by atoms with van der Waals surface area (Å²) in [7, 11) is 1.78. The van der Waals surface area contributed by atoms with E-state index in [4.69, 9.17) is 4.74 Å². The van der Waals surface area contributed by atoms with Crippen LogP contribution in [0.2, 0.25) is 0 Å². The first-order valence-corrected chi connectivity index (χ1v) is 7.79. The van der Waals surface area contributed by atoms with Crippen molar-refractivity contribution in [2.75, 3.05) is 12.4 Å². The second kappa shape index (κ2) is 5.21. The van der Waals surface area contributed by atoms with Gasteiger partial charge in [0.1, 0.15) is 10.5 Å². The van der Waals surface area contributed by atoms with Gasteiger partial charge in [0.15, 0.2) is 0 Å². The molecular formula is C16H17N3O2S. The summed E-state index contributed by atoms with van der Waals surface area (Å²) in [5, 5.41) is 4.82. The fraction of sp³-hybridized carbons (Fsp3) is 0.312. The standard InChI is InChI=1S/C16H17N3O2S/c1-16(2,3)21-14(20)12-7-10-11(22-12)6-5-9-8-18-15(17-4)19-13(9)10/h5-8H,1-4H3,(H,17,18,19). The Morgan fingerprint density at radius 1 is 1.32 bits per heavy atom. The molecule has 22 heavy (non-hydrogen) atoms. The van der Waals surface area contributed by atoms with Gasteiger partial charge in [0, 0.05) is 28.7 Å². The number of esters is 1. The molecular weight excluding hydrogens is 298 g/mol. The molecule has 0 aliphatic carbocycles. The molecule has 2 heterocycles. The van der Waals surface area contributed by atoms with Gasteiger partial charge in [0.05, 0.1) is 5.52 Å². The van der Waals surface area contributed by atoms with Crippen LogP contribution in [0.4, 0.5) is 5.95 Å². The average Bonchev–Trinajstić information content (AvgIpc) is 2.89. The molecule has 0 radical (unpaired) electrons. The van der Waals surface area contributed by atoms with E-state index in [1.165, 1.54) is 11.3 Å². The molecule has 0 aliphatic heterocycles. The van der Waals surface area contributed by atoms with Crippen molar-refractivity contribution in [2.45, 2.75) is 26.4 Å². The lowest BCUT2D eigenvalue weighted by Gasteiger charge is -2.18. The van der Waals surface area contributed by atoms with Crippen molar-refractivity contribution < 1.29 is 9.53 Å². The van der Waals surface area contributed by atoms with E-state index in [2.05, 4.69) is 15.3 Å². The van der Waals surface area contributed by atoms with E-state index >= 15 is 0 Å². The zero-order valence-electron chi connectivity index (χ0n) is 12.9. The summed E-state index contributed by atoms with van der Waals surface area (Å²) in [6.07, 6.45) is 1.78. The van der Waals surface area contributed by atoms with Gasteiger partial charge < -0.3 is 10.1 Å². The molecule has 0 fully saturated rings. The third kappa shape index (κ3) is 2.74. The summed E-state index contributed by atoms with van der Waals surface area (Å²) in [4.78, 5) is 21.5. The Balaban J connectivity index is 2.12. The fourth-order valence-electron chi connectivity index (χ4n) is 2.16. The molecule has 0 amide bonds. The number of rotatable bonds is 2. The van der Waals surface area contributed by atoms with Crippen molar-refractivity contribution in [3.8, 4) is 0 Å². The SMILES string of the molecule is CNc1ncc2ccc3sc(C(=O)OC(C)(C)C)cc3c2n1. The maximum Gasteiger partial charge on any atom is 0.348 e. The Bertz CT molecular complexity index is 865. The molecule has 0 aliphatic rings. The Kier molecular flexibility index (Phi) is 3.48.